The van der Waals surface area contributed by atoms with Gasteiger partial charge in [0.15, 0.2) is 0 Å². The van der Waals surface area contributed by atoms with E-state index in [1.165, 1.54) is 5.56 Å². The van der Waals surface area contributed by atoms with Crippen LogP contribution in [0.1, 0.15) is 51.7 Å². The Morgan fingerprint density at radius 2 is 1.65 bits per heavy atom. The summed E-state index contributed by atoms with van der Waals surface area (Å²) < 4.78 is 26.3. The van der Waals surface area contributed by atoms with Crippen LogP contribution < -0.4 is 0 Å². The Labute approximate surface area is 121 Å². The molecule has 0 aliphatic heterocycles. The Bertz CT molecular complexity index is 400. The monoisotopic (exact) mass is 284 g/mol. The molecule has 3 heteroatoms. The van der Waals surface area contributed by atoms with Gasteiger partial charge in [0, 0.05) is 0 Å². The van der Waals surface area contributed by atoms with Gasteiger partial charge in [-0.3, -0.25) is 0 Å². The van der Waals surface area contributed by atoms with Gasteiger partial charge in [0.1, 0.15) is 0 Å². The van der Waals surface area contributed by atoms with E-state index in [1.54, 1.807) is 26.0 Å². The van der Waals surface area contributed by atoms with E-state index < -0.39 is 17.9 Å². The molecule has 114 valence electrons. The summed E-state index contributed by atoms with van der Waals surface area (Å²) in [6, 6.07) is 7.47. The number of halogens is 2. The minimum absolute atomic E-state index is 0.260. The van der Waals surface area contributed by atoms with E-state index in [2.05, 4.69) is 13.8 Å². The van der Waals surface area contributed by atoms with Crippen LogP contribution in [-0.4, -0.2) is 11.5 Å². The largest absolute Gasteiger partial charge is 0.385 e. The Hall–Kier alpha value is -0.960. The fourth-order valence-electron chi connectivity index (χ4n) is 2.81. The van der Waals surface area contributed by atoms with Gasteiger partial charge in [-0.15, -0.1) is 0 Å². The van der Waals surface area contributed by atoms with Crippen LogP contribution >= 0.6 is 0 Å². The van der Waals surface area contributed by atoms with Gasteiger partial charge in [0.05, 0.1) is 11.5 Å². The molecule has 1 N–H and O–H groups in total. The molecule has 2 unspecified atom stereocenters. The van der Waals surface area contributed by atoms with Crippen molar-refractivity contribution in [2.24, 2.45) is 11.8 Å². The molecular formula is C17H26F2O. The van der Waals surface area contributed by atoms with Crippen LogP contribution in [0.5, 0.6) is 0 Å². The van der Waals surface area contributed by atoms with E-state index in [9.17, 15) is 13.9 Å². The molecule has 1 rings (SSSR count). The van der Waals surface area contributed by atoms with Gasteiger partial charge in [0.25, 0.3) is 0 Å². The molecule has 1 nitrogen and oxygen atoms in total. The number of aliphatic hydroxyl groups is 1. The molecule has 0 aliphatic rings. The van der Waals surface area contributed by atoms with Crippen LogP contribution in [0.2, 0.25) is 0 Å². The van der Waals surface area contributed by atoms with Gasteiger partial charge >= 0.3 is 0 Å². The number of benzene rings is 1. The molecule has 0 heterocycles. The molecule has 0 aliphatic carbocycles. The van der Waals surface area contributed by atoms with E-state index in [1.807, 2.05) is 12.1 Å². The molecule has 1 aromatic rings. The SMILES string of the molecule is CCC(C(F)F)C(O)(CC)c1ccc(CC(C)C)cc1. The van der Waals surface area contributed by atoms with Crippen molar-refractivity contribution in [1.29, 1.82) is 0 Å². The topological polar surface area (TPSA) is 20.2 Å². The smallest absolute Gasteiger partial charge is 0.244 e. The lowest BCUT2D eigenvalue weighted by Gasteiger charge is -2.35. The maximum atomic E-state index is 13.2. The minimum Gasteiger partial charge on any atom is -0.385 e. The zero-order chi connectivity index (χ0) is 15.3. The van der Waals surface area contributed by atoms with E-state index in [4.69, 9.17) is 0 Å². The molecule has 0 saturated heterocycles. The van der Waals surface area contributed by atoms with Gasteiger partial charge in [-0.25, -0.2) is 8.78 Å². The molecule has 0 fully saturated rings. The number of hydrogen-bond acceptors (Lipinski definition) is 1. The highest BCUT2D eigenvalue weighted by Gasteiger charge is 2.41. The summed E-state index contributed by atoms with van der Waals surface area (Å²) in [7, 11) is 0. The van der Waals surface area contributed by atoms with E-state index in [0.717, 1.165) is 6.42 Å². The standard InChI is InChI=1S/C17H26F2O/c1-5-15(16(18)19)17(20,6-2)14-9-7-13(8-10-14)11-12(3)4/h7-10,12,15-16,20H,5-6,11H2,1-4H3. The molecule has 0 saturated carbocycles. The number of hydrogen-bond donors (Lipinski definition) is 1. The number of alkyl halides is 2. The lowest BCUT2D eigenvalue weighted by molar-refractivity contribution is -0.0944. The Kier molecular flexibility index (Phi) is 6.12. The van der Waals surface area contributed by atoms with E-state index in [0.29, 0.717) is 17.9 Å². The highest BCUT2D eigenvalue weighted by atomic mass is 19.3. The lowest BCUT2D eigenvalue weighted by atomic mass is 9.77. The summed E-state index contributed by atoms with van der Waals surface area (Å²) in [5.74, 6) is -0.473. The first-order valence-corrected chi connectivity index (χ1v) is 7.45. The lowest BCUT2D eigenvalue weighted by Crippen LogP contribution is -2.38. The first kappa shape index (κ1) is 17.1. The Balaban J connectivity index is 3.05. The first-order valence-electron chi connectivity index (χ1n) is 7.45. The van der Waals surface area contributed by atoms with Crippen LogP contribution in [0.25, 0.3) is 0 Å². The van der Waals surface area contributed by atoms with Crippen molar-refractivity contribution in [3.8, 4) is 0 Å². The number of rotatable bonds is 7. The van der Waals surface area contributed by atoms with Crippen LogP contribution in [0.3, 0.4) is 0 Å². The molecule has 0 spiro atoms. The van der Waals surface area contributed by atoms with Crippen molar-refractivity contribution in [2.75, 3.05) is 0 Å². The summed E-state index contributed by atoms with van der Waals surface area (Å²) in [6.45, 7) is 7.73. The summed E-state index contributed by atoms with van der Waals surface area (Å²) in [5.41, 5.74) is 0.325. The molecule has 0 bridgehead atoms. The maximum absolute atomic E-state index is 13.2. The summed E-state index contributed by atoms with van der Waals surface area (Å²) >= 11 is 0. The first-order chi connectivity index (χ1) is 9.35. The highest BCUT2D eigenvalue weighted by molar-refractivity contribution is 5.28. The molecule has 1 aromatic carbocycles. The average Bonchev–Trinajstić information content (AvgIpc) is 2.38. The summed E-state index contributed by atoms with van der Waals surface area (Å²) in [6.07, 6.45) is -1.01. The van der Waals surface area contributed by atoms with Crippen LogP contribution in [0.4, 0.5) is 8.78 Å². The van der Waals surface area contributed by atoms with Gasteiger partial charge in [0.2, 0.25) is 6.43 Å². The van der Waals surface area contributed by atoms with E-state index >= 15 is 0 Å². The molecule has 0 radical (unpaired) electrons. The summed E-state index contributed by atoms with van der Waals surface area (Å²) in [4.78, 5) is 0. The molecule has 2 atom stereocenters. The third kappa shape index (κ3) is 3.78. The quantitative estimate of drug-likeness (QED) is 0.764. The second-order valence-corrected chi connectivity index (χ2v) is 5.92. The zero-order valence-corrected chi connectivity index (χ0v) is 12.9. The molecular weight excluding hydrogens is 258 g/mol. The van der Waals surface area contributed by atoms with Gasteiger partial charge in [-0.05, 0) is 36.3 Å². The predicted octanol–water partition coefficient (Wildman–Crippen LogP) is 4.77. The van der Waals surface area contributed by atoms with Crippen molar-refractivity contribution in [3.63, 3.8) is 0 Å². The van der Waals surface area contributed by atoms with Crippen molar-refractivity contribution in [2.45, 2.75) is 59.0 Å². The van der Waals surface area contributed by atoms with Gasteiger partial charge in [-0.2, -0.15) is 0 Å². The van der Waals surface area contributed by atoms with Crippen LogP contribution in [-0.2, 0) is 12.0 Å². The minimum atomic E-state index is -2.51. The average molecular weight is 284 g/mol. The van der Waals surface area contributed by atoms with Crippen molar-refractivity contribution >= 4 is 0 Å². The van der Waals surface area contributed by atoms with Gasteiger partial charge in [-0.1, -0.05) is 52.0 Å². The summed E-state index contributed by atoms with van der Waals surface area (Å²) in [5, 5.41) is 10.7. The fourth-order valence-corrected chi connectivity index (χ4v) is 2.81. The van der Waals surface area contributed by atoms with Crippen molar-refractivity contribution in [1.82, 2.24) is 0 Å². The fraction of sp³-hybridized carbons (Fsp3) is 0.647. The maximum Gasteiger partial charge on any atom is 0.244 e. The molecule has 0 aromatic heterocycles. The van der Waals surface area contributed by atoms with Crippen molar-refractivity contribution in [3.05, 3.63) is 35.4 Å². The van der Waals surface area contributed by atoms with Gasteiger partial charge < -0.3 is 5.11 Å². The van der Waals surface area contributed by atoms with E-state index in [-0.39, 0.29) is 6.42 Å². The Morgan fingerprint density at radius 1 is 1.10 bits per heavy atom. The Morgan fingerprint density at radius 3 is 2.00 bits per heavy atom. The third-order valence-corrected chi connectivity index (χ3v) is 3.99. The van der Waals surface area contributed by atoms with Crippen LogP contribution in [0.15, 0.2) is 24.3 Å². The molecule has 20 heavy (non-hydrogen) atoms. The predicted molar refractivity (Wildman–Crippen MR) is 79.0 cm³/mol. The van der Waals surface area contributed by atoms with Crippen molar-refractivity contribution < 1.29 is 13.9 Å². The highest BCUT2D eigenvalue weighted by Crippen LogP contribution is 2.38. The molecule has 0 amide bonds. The zero-order valence-electron chi connectivity index (χ0n) is 12.9. The second kappa shape index (κ2) is 7.16. The third-order valence-electron chi connectivity index (χ3n) is 3.99. The normalized spacial score (nSPS) is 16.4. The second-order valence-electron chi connectivity index (χ2n) is 5.92. The van der Waals surface area contributed by atoms with Crippen LogP contribution in [0, 0.1) is 11.8 Å².